The standard InChI is InChI=1S/C21H23NO5/c1-26-17-9-8-14(12-18(17)27-2)10-11-22-19(23)13-16(21(24)25)20(22)15-6-4-3-5-7-15/h3-9,12,16,20H,10-11,13H2,1-2H3,(H,24,25)/t16-,20+/m0/s1. The normalized spacial score (nSPS) is 19.2. The lowest BCUT2D eigenvalue weighted by molar-refractivity contribution is -0.142. The first kappa shape index (κ1) is 18.8. The van der Waals surface area contributed by atoms with E-state index in [1.807, 2.05) is 48.5 Å². The molecular weight excluding hydrogens is 346 g/mol. The summed E-state index contributed by atoms with van der Waals surface area (Å²) in [5.41, 5.74) is 1.84. The van der Waals surface area contributed by atoms with Crippen molar-refractivity contribution >= 4 is 11.9 Å². The van der Waals surface area contributed by atoms with Gasteiger partial charge in [-0.1, -0.05) is 36.4 Å². The number of benzene rings is 2. The van der Waals surface area contributed by atoms with Crippen molar-refractivity contribution in [3.05, 3.63) is 59.7 Å². The predicted molar refractivity (Wildman–Crippen MR) is 99.9 cm³/mol. The fourth-order valence-corrected chi connectivity index (χ4v) is 3.62. The number of carboxylic acids is 1. The van der Waals surface area contributed by atoms with Gasteiger partial charge in [0, 0.05) is 13.0 Å². The zero-order valence-corrected chi connectivity index (χ0v) is 15.4. The maximum atomic E-state index is 12.5. The number of likely N-dealkylation sites (tertiary alicyclic amines) is 1. The largest absolute Gasteiger partial charge is 0.493 e. The molecule has 0 radical (unpaired) electrons. The molecule has 1 aliphatic heterocycles. The van der Waals surface area contributed by atoms with Crippen LogP contribution in [0.4, 0.5) is 0 Å². The van der Waals surface area contributed by atoms with Crippen LogP contribution in [0.15, 0.2) is 48.5 Å². The number of ether oxygens (including phenoxy) is 2. The molecular formula is C21H23NO5. The molecule has 1 amide bonds. The molecule has 1 aliphatic rings. The highest BCUT2D eigenvalue weighted by Gasteiger charge is 2.44. The van der Waals surface area contributed by atoms with E-state index in [0.717, 1.165) is 11.1 Å². The van der Waals surface area contributed by atoms with E-state index in [9.17, 15) is 14.7 Å². The average Bonchev–Trinajstić information content (AvgIpc) is 3.03. The Labute approximate surface area is 158 Å². The maximum Gasteiger partial charge on any atom is 0.309 e. The second-order valence-corrected chi connectivity index (χ2v) is 6.53. The van der Waals surface area contributed by atoms with Gasteiger partial charge in [0.2, 0.25) is 5.91 Å². The maximum absolute atomic E-state index is 12.5. The highest BCUT2D eigenvalue weighted by molar-refractivity contribution is 5.87. The summed E-state index contributed by atoms with van der Waals surface area (Å²) in [5.74, 6) is -0.523. The number of hydrogen-bond donors (Lipinski definition) is 1. The van der Waals surface area contributed by atoms with Crippen molar-refractivity contribution in [1.82, 2.24) is 4.90 Å². The van der Waals surface area contributed by atoms with Crippen LogP contribution in [-0.2, 0) is 16.0 Å². The minimum atomic E-state index is -0.939. The summed E-state index contributed by atoms with van der Waals surface area (Å²) in [4.78, 5) is 25.9. The molecule has 0 saturated carbocycles. The Bertz CT molecular complexity index is 821. The van der Waals surface area contributed by atoms with E-state index in [0.29, 0.717) is 24.5 Å². The van der Waals surface area contributed by atoms with Crippen LogP contribution in [0.25, 0.3) is 0 Å². The number of aliphatic carboxylic acids is 1. The van der Waals surface area contributed by atoms with Gasteiger partial charge in [0.25, 0.3) is 0 Å². The number of carbonyl (C=O) groups is 2. The third kappa shape index (κ3) is 3.89. The third-order valence-corrected chi connectivity index (χ3v) is 4.98. The Morgan fingerprint density at radius 1 is 1.11 bits per heavy atom. The van der Waals surface area contributed by atoms with Gasteiger partial charge in [-0.15, -0.1) is 0 Å². The van der Waals surface area contributed by atoms with Gasteiger partial charge < -0.3 is 19.5 Å². The van der Waals surface area contributed by atoms with Gasteiger partial charge in [0.1, 0.15) is 0 Å². The molecule has 0 aromatic heterocycles. The molecule has 142 valence electrons. The molecule has 1 N–H and O–H groups in total. The lowest BCUT2D eigenvalue weighted by Crippen LogP contribution is -2.32. The summed E-state index contributed by atoms with van der Waals surface area (Å²) < 4.78 is 10.6. The highest BCUT2D eigenvalue weighted by Crippen LogP contribution is 2.38. The van der Waals surface area contributed by atoms with Crippen molar-refractivity contribution in [2.24, 2.45) is 5.92 Å². The van der Waals surface area contributed by atoms with Gasteiger partial charge in [-0.2, -0.15) is 0 Å². The summed E-state index contributed by atoms with van der Waals surface area (Å²) in [6.07, 6.45) is 0.628. The van der Waals surface area contributed by atoms with Crippen molar-refractivity contribution in [3.8, 4) is 11.5 Å². The predicted octanol–water partition coefficient (Wildman–Crippen LogP) is 2.92. The lowest BCUT2D eigenvalue weighted by Gasteiger charge is -2.27. The van der Waals surface area contributed by atoms with Crippen LogP contribution < -0.4 is 9.47 Å². The fourth-order valence-electron chi connectivity index (χ4n) is 3.62. The monoisotopic (exact) mass is 369 g/mol. The van der Waals surface area contributed by atoms with Crippen LogP contribution in [0.1, 0.15) is 23.6 Å². The minimum Gasteiger partial charge on any atom is -0.493 e. The third-order valence-electron chi connectivity index (χ3n) is 4.98. The minimum absolute atomic E-state index is 0.0286. The number of amides is 1. The van der Waals surface area contributed by atoms with Crippen molar-refractivity contribution < 1.29 is 24.2 Å². The Hall–Kier alpha value is -3.02. The fraction of sp³-hybridized carbons (Fsp3) is 0.333. The van der Waals surface area contributed by atoms with E-state index in [1.54, 1.807) is 19.1 Å². The number of nitrogens with zero attached hydrogens (tertiary/aromatic N) is 1. The molecule has 0 spiro atoms. The molecule has 0 unspecified atom stereocenters. The molecule has 1 heterocycles. The Morgan fingerprint density at radius 3 is 2.44 bits per heavy atom. The molecule has 6 nitrogen and oxygen atoms in total. The molecule has 0 aliphatic carbocycles. The van der Waals surface area contributed by atoms with Crippen LogP contribution in [0.3, 0.4) is 0 Å². The van der Waals surface area contributed by atoms with Crippen LogP contribution in [0.5, 0.6) is 11.5 Å². The van der Waals surface area contributed by atoms with E-state index in [2.05, 4.69) is 0 Å². The second-order valence-electron chi connectivity index (χ2n) is 6.53. The first-order valence-electron chi connectivity index (χ1n) is 8.83. The molecule has 0 bridgehead atoms. The topological polar surface area (TPSA) is 76.1 Å². The molecule has 1 saturated heterocycles. The summed E-state index contributed by atoms with van der Waals surface area (Å²) in [5, 5.41) is 9.58. The molecule has 2 aromatic rings. The molecule has 2 atom stereocenters. The number of carboxylic acid groups (broad SMARTS) is 1. The summed E-state index contributed by atoms with van der Waals surface area (Å²) >= 11 is 0. The van der Waals surface area contributed by atoms with Gasteiger partial charge in [0.15, 0.2) is 11.5 Å². The number of hydrogen-bond acceptors (Lipinski definition) is 4. The average molecular weight is 369 g/mol. The molecule has 3 rings (SSSR count). The van der Waals surface area contributed by atoms with Crippen molar-refractivity contribution in [2.75, 3.05) is 20.8 Å². The number of rotatable bonds is 7. The van der Waals surface area contributed by atoms with E-state index < -0.39 is 17.9 Å². The summed E-state index contributed by atoms with van der Waals surface area (Å²) in [6.45, 7) is 0.442. The lowest BCUT2D eigenvalue weighted by atomic mass is 9.93. The first-order valence-corrected chi connectivity index (χ1v) is 8.83. The number of carbonyl (C=O) groups excluding carboxylic acids is 1. The van der Waals surface area contributed by atoms with E-state index in [1.165, 1.54) is 0 Å². The number of methoxy groups -OCH3 is 2. The van der Waals surface area contributed by atoms with Crippen molar-refractivity contribution in [1.29, 1.82) is 0 Å². The Morgan fingerprint density at radius 2 is 1.81 bits per heavy atom. The van der Waals surface area contributed by atoms with Crippen LogP contribution in [-0.4, -0.2) is 42.6 Å². The zero-order valence-electron chi connectivity index (χ0n) is 15.4. The molecule has 6 heteroatoms. The zero-order chi connectivity index (χ0) is 19.4. The Kier molecular flexibility index (Phi) is 5.64. The van der Waals surface area contributed by atoms with E-state index in [4.69, 9.17) is 9.47 Å². The summed E-state index contributed by atoms with van der Waals surface area (Å²) in [7, 11) is 3.16. The second kappa shape index (κ2) is 8.12. The van der Waals surface area contributed by atoms with Crippen LogP contribution in [0.2, 0.25) is 0 Å². The van der Waals surface area contributed by atoms with Crippen molar-refractivity contribution in [3.63, 3.8) is 0 Å². The quantitative estimate of drug-likeness (QED) is 0.812. The van der Waals surface area contributed by atoms with Gasteiger partial charge in [-0.3, -0.25) is 9.59 Å². The van der Waals surface area contributed by atoms with E-state index in [-0.39, 0.29) is 12.3 Å². The van der Waals surface area contributed by atoms with Gasteiger partial charge in [0.05, 0.1) is 26.2 Å². The molecule has 27 heavy (non-hydrogen) atoms. The first-order chi connectivity index (χ1) is 13.0. The van der Waals surface area contributed by atoms with Gasteiger partial charge in [-0.25, -0.2) is 0 Å². The van der Waals surface area contributed by atoms with E-state index >= 15 is 0 Å². The SMILES string of the molecule is COc1ccc(CCN2C(=O)C[C@H](C(=O)O)[C@H]2c2ccccc2)cc1OC. The molecule has 1 fully saturated rings. The highest BCUT2D eigenvalue weighted by atomic mass is 16.5. The van der Waals surface area contributed by atoms with Gasteiger partial charge in [-0.05, 0) is 29.7 Å². The van der Waals surface area contributed by atoms with Crippen LogP contribution >= 0.6 is 0 Å². The van der Waals surface area contributed by atoms with Crippen molar-refractivity contribution in [2.45, 2.75) is 18.9 Å². The molecule has 2 aromatic carbocycles. The Balaban J connectivity index is 1.82. The van der Waals surface area contributed by atoms with Crippen LogP contribution in [0, 0.1) is 5.92 Å². The summed E-state index contributed by atoms with van der Waals surface area (Å²) in [6, 6.07) is 14.5. The smallest absolute Gasteiger partial charge is 0.309 e. The van der Waals surface area contributed by atoms with Gasteiger partial charge >= 0.3 is 5.97 Å².